The monoisotopic (exact) mass is 411 g/mol. The lowest BCUT2D eigenvalue weighted by atomic mass is 10.0. The maximum absolute atomic E-state index is 13.1. The van der Waals surface area contributed by atoms with Crippen LogP contribution in [0.15, 0.2) is 41.9 Å². The number of aryl methyl sites for hydroxylation is 1. The van der Waals surface area contributed by atoms with Crippen molar-refractivity contribution in [1.82, 2.24) is 15.3 Å². The molecule has 0 saturated carbocycles. The maximum Gasteiger partial charge on any atom is 0.416 e. The van der Waals surface area contributed by atoms with Gasteiger partial charge < -0.3 is 10.1 Å². The number of hydrogen-bond acceptors (Lipinski definition) is 5. The summed E-state index contributed by atoms with van der Waals surface area (Å²) < 4.78 is 45.1. The second-order valence-corrected chi connectivity index (χ2v) is 6.20. The van der Waals surface area contributed by atoms with Crippen molar-refractivity contribution in [1.29, 1.82) is 10.8 Å². The van der Waals surface area contributed by atoms with Crippen LogP contribution in [-0.4, -0.2) is 21.1 Å². The van der Waals surface area contributed by atoms with Gasteiger partial charge in [-0.1, -0.05) is 0 Å². The van der Waals surface area contributed by atoms with Gasteiger partial charge in [-0.25, -0.2) is 9.97 Å². The Morgan fingerprint density at radius 3 is 2.29 bits per heavy atom. The molecule has 0 unspecified atom stereocenters. The molecule has 0 radical (unpaired) electrons. The van der Waals surface area contributed by atoms with E-state index < -0.39 is 17.0 Å². The Morgan fingerprint density at radius 1 is 1.14 bits per heavy atom. The van der Waals surface area contributed by atoms with Crippen LogP contribution in [0.2, 0.25) is 0 Å². The van der Waals surface area contributed by atoms with Crippen LogP contribution in [0.1, 0.15) is 25.2 Å². The van der Waals surface area contributed by atoms with Crippen molar-refractivity contribution in [2.75, 3.05) is 0 Å². The normalized spacial score (nSPS) is 12.2. The lowest BCUT2D eigenvalue weighted by Gasteiger charge is -2.16. The molecule has 0 atom stereocenters. The lowest BCUT2D eigenvalue weighted by molar-refractivity contribution is -0.137. The van der Waals surface area contributed by atoms with Gasteiger partial charge in [0.25, 0.3) is 0 Å². The number of alkyl halides is 3. The Hall–Kier alpha value is -2.94. The minimum Gasteiger partial charge on any atom is -0.461 e. The molecular formula is C18H17ClF3N5O. The van der Waals surface area contributed by atoms with E-state index in [0.717, 1.165) is 12.1 Å². The summed E-state index contributed by atoms with van der Waals surface area (Å²) in [5, 5.41) is 16.8. The van der Waals surface area contributed by atoms with E-state index in [1.807, 2.05) is 0 Å². The van der Waals surface area contributed by atoms with E-state index in [0.29, 0.717) is 17.0 Å². The van der Waals surface area contributed by atoms with Crippen molar-refractivity contribution >= 4 is 22.7 Å². The summed E-state index contributed by atoms with van der Waals surface area (Å²) in [4.78, 5) is 8.12. The zero-order chi connectivity index (χ0) is 21.1. The molecule has 10 heteroatoms. The summed E-state index contributed by atoms with van der Waals surface area (Å²) >= 11 is 5.40. The van der Waals surface area contributed by atoms with Gasteiger partial charge in [0, 0.05) is 29.1 Å². The molecule has 0 fully saturated rings. The summed E-state index contributed by atoms with van der Waals surface area (Å²) in [5.74, 6) is 0.426. The first-order chi connectivity index (χ1) is 13.0. The van der Waals surface area contributed by atoms with Gasteiger partial charge >= 0.3 is 6.18 Å². The Morgan fingerprint density at radius 2 is 1.75 bits per heavy atom. The summed E-state index contributed by atoms with van der Waals surface area (Å²) in [6.07, 6.45) is -1.57. The molecule has 28 heavy (non-hydrogen) atoms. The molecule has 0 bridgehead atoms. The second-order valence-electron chi connectivity index (χ2n) is 5.82. The number of aromatic nitrogens is 2. The first-order valence-electron chi connectivity index (χ1n) is 7.94. The van der Waals surface area contributed by atoms with Gasteiger partial charge in [0.05, 0.1) is 5.56 Å². The molecule has 0 saturated heterocycles. The van der Waals surface area contributed by atoms with Gasteiger partial charge in [0.1, 0.15) is 23.2 Å². The SMILES string of the molecule is C/C(Oc1cc(C(F)(F)F)ccc1-c1cnc(C)nc1)=C(/C)C(=N)NC(=N)Cl. The third-order valence-electron chi connectivity index (χ3n) is 3.80. The molecule has 1 aromatic heterocycles. The highest BCUT2D eigenvalue weighted by molar-refractivity contribution is 6.65. The van der Waals surface area contributed by atoms with Gasteiger partial charge in [-0.2, -0.15) is 13.2 Å². The third-order valence-corrected chi connectivity index (χ3v) is 3.90. The molecular weight excluding hydrogens is 395 g/mol. The lowest BCUT2D eigenvalue weighted by Crippen LogP contribution is -2.27. The number of nitrogens with one attached hydrogen (secondary N) is 3. The van der Waals surface area contributed by atoms with Crippen molar-refractivity contribution in [3.05, 3.63) is 53.3 Å². The molecule has 2 rings (SSSR count). The van der Waals surface area contributed by atoms with Crippen LogP contribution in [0.3, 0.4) is 0 Å². The van der Waals surface area contributed by atoms with Crippen molar-refractivity contribution in [3.8, 4) is 16.9 Å². The second kappa shape index (κ2) is 8.39. The molecule has 0 spiro atoms. The average Bonchev–Trinajstić information content (AvgIpc) is 2.60. The van der Waals surface area contributed by atoms with Crippen molar-refractivity contribution < 1.29 is 17.9 Å². The standard InChI is InChI=1S/C18H17ClF3N5O/c1-9(16(23)27-17(19)24)10(2)28-15-6-13(18(20,21)22)4-5-14(15)12-7-25-11(3)26-8-12/h4-8H,1-3H3,(H3,23,24,27)/b10-9+. The minimum absolute atomic E-state index is 0.0621. The van der Waals surface area contributed by atoms with E-state index in [2.05, 4.69) is 15.3 Å². The van der Waals surface area contributed by atoms with Gasteiger partial charge in [0.2, 0.25) is 0 Å². The van der Waals surface area contributed by atoms with Crippen LogP contribution in [-0.2, 0) is 6.18 Å². The van der Waals surface area contributed by atoms with Gasteiger partial charge in [0.15, 0.2) is 5.29 Å². The van der Waals surface area contributed by atoms with Crippen molar-refractivity contribution in [2.45, 2.75) is 26.9 Å². The fourth-order valence-electron chi connectivity index (χ4n) is 2.17. The smallest absolute Gasteiger partial charge is 0.416 e. The van der Waals surface area contributed by atoms with E-state index in [9.17, 15) is 13.2 Å². The van der Waals surface area contributed by atoms with Gasteiger partial charge in [-0.15, -0.1) is 0 Å². The quantitative estimate of drug-likeness (QED) is 0.289. The predicted octanol–water partition coefficient (Wildman–Crippen LogP) is 4.88. The first-order valence-corrected chi connectivity index (χ1v) is 8.32. The number of hydrogen-bond donors (Lipinski definition) is 3. The van der Waals surface area contributed by atoms with Gasteiger partial charge in [-0.3, -0.25) is 10.8 Å². The molecule has 3 N–H and O–H groups in total. The third kappa shape index (κ3) is 5.29. The van der Waals surface area contributed by atoms with Crippen LogP contribution in [0.4, 0.5) is 13.2 Å². The van der Waals surface area contributed by atoms with Crippen LogP contribution in [0, 0.1) is 17.7 Å². The highest BCUT2D eigenvalue weighted by atomic mass is 35.5. The molecule has 0 amide bonds. The zero-order valence-electron chi connectivity index (χ0n) is 15.2. The number of rotatable bonds is 4. The van der Waals surface area contributed by atoms with E-state index in [1.54, 1.807) is 6.92 Å². The van der Waals surface area contributed by atoms with Crippen LogP contribution in [0.5, 0.6) is 5.75 Å². The number of amidine groups is 2. The number of benzene rings is 1. The molecule has 0 aliphatic carbocycles. The Labute approximate surface area is 164 Å². The van der Waals surface area contributed by atoms with E-state index in [4.69, 9.17) is 27.2 Å². The van der Waals surface area contributed by atoms with Crippen molar-refractivity contribution in [2.24, 2.45) is 0 Å². The van der Waals surface area contributed by atoms with Crippen LogP contribution in [0.25, 0.3) is 11.1 Å². The largest absolute Gasteiger partial charge is 0.461 e. The zero-order valence-corrected chi connectivity index (χ0v) is 16.0. The summed E-state index contributed by atoms with van der Waals surface area (Å²) in [7, 11) is 0. The Bertz CT molecular complexity index is 939. The van der Waals surface area contributed by atoms with E-state index >= 15 is 0 Å². The van der Waals surface area contributed by atoms with Crippen LogP contribution < -0.4 is 10.1 Å². The topological polar surface area (TPSA) is 94.7 Å². The van der Waals surface area contributed by atoms with E-state index in [-0.39, 0.29) is 22.9 Å². The maximum atomic E-state index is 13.1. The molecule has 148 valence electrons. The average molecular weight is 412 g/mol. The molecule has 0 aliphatic heterocycles. The number of halogens is 4. The molecule has 1 aromatic carbocycles. The number of ether oxygens (including phenoxy) is 1. The minimum atomic E-state index is -4.55. The molecule has 2 aromatic rings. The number of allylic oxidation sites excluding steroid dienone is 1. The summed E-state index contributed by atoms with van der Waals surface area (Å²) in [6, 6.07) is 3.12. The van der Waals surface area contributed by atoms with Crippen molar-refractivity contribution in [3.63, 3.8) is 0 Å². The predicted molar refractivity (Wildman–Crippen MR) is 101 cm³/mol. The van der Waals surface area contributed by atoms with Crippen LogP contribution >= 0.6 is 11.6 Å². The molecule has 1 heterocycles. The fraction of sp³-hybridized carbons (Fsp3) is 0.222. The Kier molecular flexibility index (Phi) is 6.40. The summed E-state index contributed by atoms with van der Waals surface area (Å²) in [6.45, 7) is 4.71. The number of nitrogens with zero attached hydrogens (tertiary/aromatic N) is 2. The summed E-state index contributed by atoms with van der Waals surface area (Å²) in [5.41, 5.74) is 0.245. The fourth-order valence-corrected chi connectivity index (χ4v) is 2.27. The Balaban J connectivity index is 2.51. The van der Waals surface area contributed by atoms with Gasteiger partial charge in [-0.05, 0) is 50.6 Å². The first kappa shape index (κ1) is 21.4. The highest BCUT2D eigenvalue weighted by Gasteiger charge is 2.31. The highest BCUT2D eigenvalue weighted by Crippen LogP contribution is 2.37. The van der Waals surface area contributed by atoms with E-state index in [1.165, 1.54) is 32.3 Å². The molecule has 0 aliphatic rings. The molecule has 6 nitrogen and oxygen atoms in total.